The molecule has 0 aromatic heterocycles. The molecule has 0 atom stereocenters. The largest absolute Gasteiger partial charge is 0.780 e. The van der Waals surface area contributed by atoms with Crippen molar-refractivity contribution in [3.05, 3.63) is 78.6 Å². The predicted octanol–water partition coefficient (Wildman–Crippen LogP) is 4.85. The fourth-order valence-corrected chi connectivity index (χ4v) is 2.47. The van der Waals surface area contributed by atoms with Crippen LogP contribution >= 0.6 is 0 Å². The first-order valence-electron chi connectivity index (χ1n) is 6.28. The third-order valence-electron chi connectivity index (χ3n) is 3.14. The van der Waals surface area contributed by atoms with E-state index in [4.69, 9.17) is 12.6 Å². The van der Waals surface area contributed by atoms with Gasteiger partial charge in [-0.1, -0.05) is 24.3 Å². The molecule has 0 nitrogen and oxygen atoms in total. The molecule has 3 aromatic carbocycles. The molecule has 0 N–H and O–H groups in total. The zero-order chi connectivity index (χ0) is 13.9. The van der Waals surface area contributed by atoms with Crippen molar-refractivity contribution in [3.63, 3.8) is 0 Å². The molecule has 0 saturated heterocycles. The molecule has 0 heterocycles. The van der Waals surface area contributed by atoms with E-state index in [2.05, 4.69) is 6.07 Å². The third-order valence-corrected chi connectivity index (χ3v) is 3.48. The van der Waals surface area contributed by atoms with Crippen LogP contribution in [-0.4, -0.2) is 0 Å². The van der Waals surface area contributed by atoms with Gasteiger partial charge in [-0.05, 0) is 23.3 Å². The van der Waals surface area contributed by atoms with Crippen LogP contribution in [0.4, 0.5) is 4.39 Å². The van der Waals surface area contributed by atoms with Gasteiger partial charge in [-0.2, -0.15) is 4.90 Å². The maximum absolute atomic E-state index is 13.3. The van der Waals surface area contributed by atoms with Crippen molar-refractivity contribution < 1.29 is 201 Å². The van der Waals surface area contributed by atoms with Crippen LogP contribution in [0.5, 0.6) is 0 Å². The summed E-state index contributed by atoms with van der Waals surface area (Å²) < 4.78 is 13.3. The molecule has 3 rings (SSSR count). The molecule has 0 aliphatic heterocycles. The van der Waals surface area contributed by atoms with E-state index in [9.17, 15) is 4.39 Å². The van der Waals surface area contributed by atoms with E-state index in [1.54, 1.807) is 6.07 Å². The van der Waals surface area contributed by atoms with E-state index in [0.717, 1.165) is 22.3 Å². The maximum Gasteiger partial charge on any atom is 0.123 e. The van der Waals surface area contributed by atoms with Crippen LogP contribution in [0, 0.1) is 11.9 Å². The first-order chi connectivity index (χ1) is 9.74. The topological polar surface area (TPSA) is 0 Å². The van der Waals surface area contributed by atoms with Crippen LogP contribution in [0.25, 0.3) is 22.3 Å². The Morgan fingerprint density at radius 2 is 1.38 bits per heavy atom. The van der Waals surface area contributed by atoms with Crippen molar-refractivity contribution in [1.82, 2.24) is 0 Å². The zero-order valence-corrected chi connectivity index (χ0v) is 31.9. The van der Waals surface area contributed by atoms with Crippen LogP contribution in [-0.2, 0) is 209 Å². The Morgan fingerprint density at radius 3 is 1.92 bits per heavy atom. The molecule has 26 heavy (non-hydrogen) atoms. The van der Waals surface area contributed by atoms with Gasteiger partial charge in [-0.3, -0.25) is 0 Å². The number of hydrogen-bond acceptors (Lipinski definition) is 1. The van der Waals surface area contributed by atoms with Gasteiger partial charge in [-0.25, -0.2) is 4.39 Å². The van der Waals surface area contributed by atoms with E-state index in [-0.39, 0.29) is 202 Å². The van der Waals surface area contributed by atoms with Crippen molar-refractivity contribution in [2.75, 3.05) is 0 Å². The Kier molecular flexibility index (Phi) is 29.1. The van der Waals surface area contributed by atoms with Gasteiger partial charge in [-0.15, -0.1) is 47.5 Å². The molecule has 0 bridgehead atoms. The van der Waals surface area contributed by atoms with Gasteiger partial charge in [0.1, 0.15) is 5.82 Å². The second kappa shape index (κ2) is 20.1. The summed E-state index contributed by atoms with van der Waals surface area (Å²) >= 11 is 5.43. The van der Waals surface area contributed by atoms with Gasteiger partial charge in [0.15, 0.2) is 0 Å². The van der Waals surface area contributed by atoms with Gasteiger partial charge >= 0.3 is 0 Å². The molecular formula is C18H11FSY6-2. The Bertz CT molecular complexity index is 756. The summed E-state index contributed by atoms with van der Waals surface area (Å²) in [5.41, 5.74) is 3.71. The summed E-state index contributed by atoms with van der Waals surface area (Å²) in [5.74, 6) is -0.252. The summed E-state index contributed by atoms with van der Waals surface area (Å²) in [6.07, 6.45) is 0. The van der Waals surface area contributed by atoms with E-state index < -0.39 is 0 Å². The van der Waals surface area contributed by atoms with Crippen molar-refractivity contribution in [3.8, 4) is 22.3 Å². The summed E-state index contributed by atoms with van der Waals surface area (Å²) in [4.78, 5) is 0.713. The maximum atomic E-state index is 13.3. The molecule has 3 aromatic rings. The van der Waals surface area contributed by atoms with Crippen molar-refractivity contribution in [2.24, 2.45) is 0 Å². The second-order valence-corrected chi connectivity index (χ2v) is 4.94. The smallest absolute Gasteiger partial charge is 0.123 e. The number of benzene rings is 3. The Balaban J connectivity index is -0.000000403. The molecule has 8 heteroatoms. The third kappa shape index (κ3) is 11.3. The molecular weight excluding hydrogens is 801 g/mol. The first-order valence-corrected chi connectivity index (χ1v) is 6.69. The van der Waals surface area contributed by atoms with E-state index in [1.165, 1.54) is 12.1 Å². The minimum Gasteiger partial charge on any atom is -0.780 e. The monoisotopic (exact) mass is 811 g/mol. The van der Waals surface area contributed by atoms with Crippen LogP contribution in [0.3, 0.4) is 0 Å². The fourth-order valence-electron chi connectivity index (χ4n) is 2.16. The predicted molar refractivity (Wildman–Crippen MR) is 81.7 cm³/mol. The van der Waals surface area contributed by atoms with Gasteiger partial charge in [0.2, 0.25) is 0 Å². The van der Waals surface area contributed by atoms with Crippen molar-refractivity contribution in [1.29, 1.82) is 0 Å². The molecule has 0 aliphatic carbocycles. The fraction of sp³-hybridized carbons (Fsp3) is 0. The first kappa shape index (κ1) is 37.7. The minimum absolute atomic E-state index is 0. The molecule has 0 unspecified atom stereocenters. The number of hydrogen-bond donors (Lipinski definition) is 0. The Hall–Kier alpha value is 4.43. The standard InChI is InChI=1S/C18H12FS.6Y/c19-16-8-4-7-15(11-16)17-10-9-14(12-18(17)20)13-5-2-1-3-6-13;;;;;;/h1-5,7-12,20H;;;;;;/q-1;;;;;;/p-1. The average Bonchev–Trinajstić information content (AvgIpc) is 2.48. The Morgan fingerprint density at radius 1 is 0.692 bits per heavy atom. The van der Waals surface area contributed by atoms with E-state index in [0.29, 0.717) is 4.90 Å². The molecule has 0 saturated carbocycles. The average molecular weight is 812 g/mol. The summed E-state index contributed by atoms with van der Waals surface area (Å²) in [7, 11) is 0. The van der Waals surface area contributed by atoms with Gasteiger partial charge < -0.3 is 12.6 Å². The normalized spacial score (nSPS) is 8.04. The molecule has 0 fully saturated rings. The van der Waals surface area contributed by atoms with Gasteiger partial charge in [0, 0.05) is 196 Å². The van der Waals surface area contributed by atoms with Crippen molar-refractivity contribution in [2.45, 2.75) is 4.90 Å². The van der Waals surface area contributed by atoms with E-state index >= 15 is 0 Å². The molecule has 6 radical (unpaired) electrons. The van der Waals surface area contributed by atoms with E-state index in [1.807, 2.05) is 48.5 Å². The van der Waals surface area contributed by atoms with Crippen LogP contribution in [0.15, 0.2) is 71.6 Å². The molecule has 0 amide bonds. The summed E-state index contributed by atoms with van der Waals surface area (Å²) in [6.45, 7) is 0. The molecule has 0 spiro atoms. The molecule has 116 valence electrons. The minimum atomic E-state index is -0.252. The van der Waals surface area contributed by atoms with Crippen LogP contribution < -0.4 is 0 Å². The SMILES string of the molecule is Fc1cccc(-c2ccc(-c3[c-]cccc3)cc2[S-])c1.[Y].[Y].[Y].[Y].[Y].[Y]. The Labute approximate surface area is 311 Å². The molecule has 0 aliphatic rings. The quantitative estimate of drug-likeness (QED) is 0.264. The zero-order valence-electron chi connectivity index (χ0n) is 14.1. The van der Waals surface area contributed by atoms with Crippen molar-refractivity contribution >= 4 is 12.6 Å². The second-order valence-electron chi connectivity index (χ2n) is 4.50. The van der Waals surface area contributed by atoms with Gasteiger partial charge in [0.05, 0.1) is 0 Å². The number of halogens is 1. The summed E-state index contributed by atoms with van der Waals surface area (Å²) in [5, 5.41) is 0. The number of rotatable bonds is 2. The van der Waals surface area contributed by atoms with Crippen LogP contribution in [0.2, 0.25) is 0 Å². The van der Waals surface area contributed by atoms with Gasteiger partial charge in [0.25, 0.3) is 0 Å². The summed E-state index contributed by atoms with van der Waals surface area (Å²) in [6, 6.07) is 23.3. The van der Waals surface area contributed by atoms with Crippen LogP contribution in [0.1, 0.15) is 0 Å².